The van der Waals surface area contributed by atoms with Crippen LogP contribution in [0, 0.1) is 6.92 Å². The number of amides is 1. The number of aromatic hydroxyl groups is 1. The first kappa shape index (κ1) is 22.6. The number of ether oxygens (including phenoxy) is 1. The van der Waals surface area contributed by atoms with Crippen LogP contribution in [0.4, 0.5) is 5.69 Å². The fourth-order valence-corrected chi connectivity index (χ4v) is 3.70. The van der Waals surface area contributed by atoms with E-state index < -0.39 is 5.91 Å². The van der Waals surface area contributed by atoms with E-state index in [1.165, 1.54) is 6.07 Å². The first-order valence-corrected chi connectivity index (χ1v) is 10.9. The summed E-state index contributed by atoms with van der Waals surface area (Å²) in [7, 11) is 0. The molecule has 9 heteroatoms. The van der Waals surface area contributed by atoms with E-state index in [1.54, 1.807) is 37.3 Å². The van der Waals surface area contributed by atoms with Gasteiger partial charge in [0.05, 0.1) is 17.2 Å². The third kappa shape index (κ3) is 4.92. The lowest BCUT2D eigenvalue weighted by molar-refractivity contribution is 0.0977. The van der Waals surface area contributed by atoms with E-state index in [9.17, 15) is 9.90 Å². The zero-order chi connectivity index (χ0) is 23.5. The molecule has 0 saturated heterocycles. The van der Waals surface area contributed by atoms with Crippen molar-refractivity contribution in [3.05, 3.63) is 70.7 Å². The van der Waals surface area contributed by atoms with Crippen molar-refractivity contribution >= 4 is 51.6 Å². The molecule has 1 heterocycles. The number of fused-ring (bicyclic) bond motifs is 1. The van der Waals surface area contributed by atoms with Crippen LogP contribution in [-0.4, -0.2) is 27.7 Å². The van der Waals surface area contributed by atoms with Crippen molar-refractivity contribution in [2.24, 2.45) is 0 Å². The van der Waals surface area contributed by atoms with Crippen molar-refractivity contribution in [2.45, 2.75) is 13.8 Å². The number of nitrogens with one attached hydrogen (secondary N) is 2. The second-order valence-electron chi connectivity index (χ2n) is 7.16. The van der Waals surface area contributed by atoms with Gasteiger partial charge in [-0.2, -0.15) is 0 Å². The Morgan fingerprint density at radius 1 is 1.21 bits per heavy atom. The number of carbonyl (C=O) groups excluding carboxylic acids is 1. The lowest BCUT2D eigenvalue weighted by Gasteiger charge is -2.13. The van der Waals surface area contributed by atoms with Crippen LogP contribution in [0.3, 0.4) is 0 Å². The summed E-state index contributed by atoms with van der Waals surface area (Å²) in [4.78, 5) is 17.0. The maximum Gasteiger partial charge on any atom is 0.257 e. The van der Waals surface area contributed by atoms with Gasteiger partial charge in [0.2, 0.25) is 5.89 Å². The minimum Gasteiger partial charge on any atom is -0.507 e. The number of para-hydroxylation sites is 2. The van der Waals surface area contributed by atoms with Crippen molar-refractivity contribution in [2.75, 3.05) is 11.9 Å². The second kappa shape index (κ2) is 9.48. The molecule has 0 aliphatic heterocycles. The Labute approximate surface area is 200 Å². The van der Waals surface area contributed by atoms with E-state index in [4.69, 9.17) is 33.0 Å². The molecule has 33 heavy (non-hydrogen) atoms. The number of rotatable bonds is 5. The van der Waals surface area contributed by atoms with Gasteiger partial charge in [0.25, 0.3) is 5.91 Å². The zero-order valence-electron chi connectivity index (χ0n) is 17.8. The average Bonchev–Trinajstić information content (AvgIpc) is 3.21. The number of oxazole rings is 1. The first-order chi connectivity index (χ1) is 15.9. The lowest BCUT2D eigenvalue weighted by Crippen LogP contribution is -2.34. The number of halogens is 1. The van der Waals surface area contributed by atoms with Crippen LogP contribution in [0.5, 0.6) is 11.5 Å². The van der Waals surface area contributed by atoms with Gasteiger partial charge in [-0.15, -0.1) is 0 Å². The third-order valence-corrected chi connectivity index (χ3v) is 5.30. The van der Waals surface area contributed by atoms with Crippen LogP contribution >= 0.6 is 23.8 Å². The van der Waals surface area contributed by atoms with Gasteiger partial charge in [0.1, 0.15) is 17.0 Å². The SMILES string of the molecule is CCOc1ccc(C(=O)NC(=S)Nc2cc(C)c(O)c(-c3nc4ccccc4o3)c2)cc1Cl. The normalized spacial score (nSPS) is 10.8. The molecular formula is C24H20ClN3O4S. The summed E-state index contributed by atoms with van der Waals surface area (Å²) < 4.78 is 11.2. The van der Waals surface area contributed by atoms with E-state index in [0.717, 1.165) is 0 Å². The molecule has 1 amide bonds. The third-order valence-electron chi connectivity index (χ3n) is 4.80. The van der Waals surface area contributed by atoms with Crippen LogP contribution in [0.15, 0.2) is 59.0 Å². The summed E-state index contributed by atoms with van der Waals surface area (Å²) in [6.45, 7) is 4.06. The van der Waals surface area contributed by atoms with E-state index in [1.807, 2.05) is 25.1 Å². The topological polar surface area (TPSA) is 96.6 Å². The van der Waals surface area contributed by atoms with E-state index >= 15 is 0 Å². The molecule has 0 radical (unpaired) electrons. The highest BCUT2D eigenvalue weighted by atomic mass is 35.5. The predicted octanol–water partition coefficient (Wildman–Crippen LogP) is 5.69. The largest absolute Gasteiger partial charge is 0.507 e. The molecule has 0 fully saturated rings. The Bertz CT molecular complexity index is 1340. The molecule has 3 N–H and O–H groups in total. The number of hydrogen-bond donors (Lipinski definition) is 3. The summed E-state index contributed by atoms with van der Waals surface area (Å²) in [5, 5.41) is 16.6. The van der Waals surface area contributed by atoms with E-state index in [2.05, 4.69) is 15.6 Å². The standard InChI is InChI=1S/C24H20ClN3O4S/c1-3-31-19-9-8-14(11-17(19)25)22(30)28-24(33)26-15-10-13(2)21(29)16(12-15)23-27-18-6-4-5-7-20(18)32-23/h4-12,29H,3H2,1-2H3,(H2,26,28,30,33). The number of aromatic nitrogens is 1. The molecule has 1 aromatic heterocycles. The monoisotopic (exact) mass is 481 g/mol. The number of hydrogen-bond acceptors (Lipinski definition) is 6. The molecule has 4 rings (SSSR count). The maximum atomic E-state index is 12.6. The number of nitrogens with zero attached hydrogens (tertiary/aromatic N) is 1. The fraction of sp³-hybridized carbons (Fsp3) is 0.125. The Balaban J connectivity index is 1.52. The van der Waals surface area contributed by atoms with Gasteiger partial charge in [-0.05, 0) is 74.1 Å². The Morgan fingerprint density at radius 3 is 2.73 bits per heavy atom. The zero-order valence-corrected chi connectivity index (χ0v) is 19.4. The molecule has 0 bridgehead atoms. The Kier molecular flexibility index (Phi) is 6.48. The van der Waals surface area contributed by atoms with E-state index in [-0.39, 0.29) is 16.8 Å². The first-order valence-electron chi connectivity index (χ1n) is 10.1. The molecule has 168 valence electrons. The van der Waals surface area contributed by atoms with Crippen molar-refractivity contribution < 1.29 is 19.1 Å². The number of aryl methyl sites for hydroxylation is 1. The maximum absolute atomic E-state index is 12.6. The number of thiocarbonyl (C=S) groups is 1. The van der Waals surface area contributed by atoms with Crippen molar-refractivity contribution in [3.8, 4) is 23.0 Å². The van der Waals surface area contributed by atoms with Crippen molar-refractivity contribution in [1.29, 1.82) is 0 Å². The summed E-state index contributed by atoms with van der Waals surface area (Å²) in [6.07, 6.45) is 0. The summed E-state index contributed by atoms with van der Waals surface area (Å²) in [6, 6.07) is 15.4. The minimum absolute atomic E-state index is 0.0473. The average molecular weight is 482 g/mol. The van der Waals surface area contributed by atoms with Crippen LogP contribution in [0.2, 0.25) is 5.02 Å². The minimum atomic E-state index is -0.424. The molecular weight excluding hydrogens is 462 g/mol. The quantitative estimate of drug-likeness (QED) is 0.249. The molecule has 0 saturated carbocycles. The number of phenolic OH excluding ortho intramolecular Hbond substituents is 1. The van der Waals surface area contributed by atoms with Gasteiger partial charge in [-0.25, -0.2) is 4.98 Å². The Hall–Kier alpha value is -3.62. The smallest absolute Gasteiger partial charge is 0.257 e. The van der Waals surface area contributed by atoms with Crippen molar-refractivity contribution in [1.82, 2.24) is 10.3 Å². The highest BCUT2D eigenvalue weighted by Crippen LogP contribution is 2.36. The van der Waals surface area contributed by atoms with Crippen LogP contribution < -0.4 is 15.4 Å². The van der Waals surface area contributed by atoms with Gasteiger partial charge in [-0.3, -0.25) is 10.1 Å². The molecule has 0 spiro atoms. The Morgan fingerprint density at radius 2 is 2.00 bits per heavy atom. The number of phenols is 1. The fourth-order valence-electron chi connectivity index (χ4n) is 3.25. The highest BCUT2D eigenvalue weighted by Gasteiger charge is 2.17. The van der Waals surface area contributed by atoms with Gasteiger partial charge < -0.3 is 19.6 Å². The van der Waals surface area contributed by atoms with Gasteiger partial charge in [0, 0.05) is 11.3 Å². The molecule has 0 aliphatic carbocycles. The van der Waals surface area contributed by atoms with Gasteiger partial charge in [-0.1, -0.05) is 23.7 Å². The molecule has 3 aromatic carbocycles. The molecule has 0 atom stereocenters. The van der Waals surface area contributed by atoms with Crippen molar-refractivity contribution in [3.63, 3.8) is 0 Å². The number of benzene rings is 3. The van der Waals surface area contributed by atoms with E-state index in [0.29, 0.717) is 50.9 Å². The second-order valence-corrected chi connectivity index (χ2v) is 7.98. The number of anilines is 1. The van der Waals surface area contributed by atoms with Crippen LogP contribution in [0.1, 0.15) is 22.8 Å². The highest BCUT2D eigenvalue weighted by molar-refractivity contribution is 7.80. The van der Waals surface area contributed by atoms with Crippen LogP contribution in [0.25, 0.3) is 22.6 Å². The molecule has 7 nitrogen and oxygen atoms in total. The summed E-state index contributed by atoms with van der Waals surface area (Å²) in [5.74, 6) is 0.403. The van der Waals surface area contributed by atoms with Gasteiger partial charge in [0.15, 0.2) is 10.7 Å². The summed E-state index contributed by atoms with van der Waals surface area (Å²) >= 11 is 11.5. The molecule has 0 unspecified atom stereocenters. The number of carbonyl (C=O) groups is 1. The summed E-state index contributed by atoms with van der Waals surface area (Å²) in [5.41, 5.74) is 3.17. The predicted molar refractivity (Wildman–Crippen MR) is 132 cm³/mol. The van der Waals surface area contributed by atoms with Gasteiger partial charge >= 0.3 is 0 Å². The van der Waals surface area contributed by atoms with Crippen LogP contribution in [-0.2, 0) is 0 Å². The lowest BCUT2D eigenvalue weighted by atomic mass is 10.1. The molecule has 0 aliphatic rings. The molecule has 4 aromatic rings.